The molecule has 1 aromatic heterocycles. The third-order valence-electron chi connectivity index (χ3n) is 3.96. The van der Waals surface area contributed by atoms with Crippen LogP contribution in [-0.2, 0) is 0 Å². The summed E-state index contributed by atoms with van der Waals surface area (Å²) in [6, 6.07) is 12.1. The lowest BCUT2D eigenvalue weighted by Gasteiger charge is -2.08. The molecule has 0 saturated heterocycles. The average Bonchev–Trinajstić information content (AvgIpc) is 2.57. The predicted octanol–water partition coefficient (Wildman–Crippen LogP) is 3.67. The summed E-state index contributed by atoms with van der Waals surface area (Å²) in [5, 5.41) is 3.29. The molecule has 0 fully saturated rings. The van der Waals surface area contributed by atoms with Gasteiger partial charge in [0, 0.05) is 10.9 Å². The molecule has 0 aliphatic heterocycles. The van der Waals surface area contributed by atoms with Gasteiger partial charge < -0.3 is 14.5 Å². The molecule has 0 bridgehead atoms. The van der Waals surface area contributed by atoms with Crippen molar-refractivity contribution in [2.24, 2.45) is 0 Å². The summed E-state index contributed by atoms with van der Waals surface area (Å²) in [5.74, 6) is 0.287. The number of benzene rings is 2. The van der Waals surface area contributed by atoms with Crippen LogP contribution in [0, 0.1) is 13.8 Å². The molecule has 1 N–H and O–H groups in total. The first-order chi connectivity index (χ1) is 11.5. The van der Waals surface area contributed by atoms with Crippen molar-refractivity contribution in [1.82, 2.24) is 0 Å². The third kappa shape index (κ3) is 3.01. The average molecular weight is 323 g/mol. The SMILES string of the molecule is COc1ccc2oc(=O)c(NC(=O)c3ccc(C)c(C)c3)cc2c1. The Morgan fingerprint density at radius 3 is 2.54 bits per heavy atom. The Morgan fingerprint density at radius 2 is 1.83 bits per heavy atom. The van der Waals surface area contributed by atoms with Crippen molar-refractivity contribution in [2.45, 2.75) is 13.8 Å². The molecular weight excluding hydrogens is 306 g/mol. The molecule has 1 amide bonds. The Hall–Kier alpha value is -3.08. The van der Waals surface area contributed by atoms with E-state index >= 15 is 0 Å². The van der Waals surface area contributed by atoms with Gasteiger partial charge in [0.15, 0.2) is 0 Å². The lowest BCUT2D eigenvalue weighted by molar-refractivity contribution is 0.102. The summed E-state index contributed by atoms with van der Waals surface area (Å²) in [4.78, 5) is 24.4. The highest BCUT2D eigenvalue weighted by Crippen LogP contribution is 2.22. The van der Waals surface area contributed by atoms with Crippen LogP contribution in [0.2, 0.25) is 0 Å². The molecule has 5 nitrogen and oxygen atoms in total. The van der Waals surface area contributed by atoms with E-state index in [0.717, 1.165) is 11.1 Å². The van der Waals surface area contributed by atoms with Gasteiger partial charge in [0.1, 0.15) is 17.0 Å². The van der Waals surface area contributed by atoms with Crippen LogP contribution in [0.25, 0.3) is 11.0 Å². The number of hydrogen-bond donors (Lipinski definition) is 1. The van der Waals surface area contributed by atoms with Gasteiger partial charge in [0.05, 0.1) is 7.11 Å². The van der Waals surface area contributed by atoms with Crippen LogP contribution in [0.1, 0.15) is 21.5 Å². The first kappa shape index (κ1) is 15.8. The van der Waals surface area contributed by atoms with Crippen LogP contribution < -0.4 is 15.7 Å². The molecule has 0 radical (unpaired) electrons. The summed E-state index contributed by atoms with van der Waals surface area (Å²) < 4.78 is 10.4. The maximum Gasteiger partial charge on any atom is 0.360 e. The van der Waals surface area contributed by atoms with Crippen LogP contribution in [0.4, 0.5) is 5.69 Å². The van der Waals surface area contributed by atoms with E-state index in [-0.39, 0.29) is 11.6 Å². The molecule has 1 heterocycles. The number of methoxy groups -OCH3 is 1. The number of aryl methyl sites for hydroxylation is 2. The minimum Gasteiger partial charge on any atom is -0.497 e. The minimum atomic E-state index is -0.593. The normalized spacial score (nSPS) is 10.6. The molecule has 0 saturated carbocycles. The number of carbonyl (C=O) groups is 1. The zero-order valence-corrected chi connectivity index (χ0v) is 13.7. The van der Waals surface area contributed by atoms with Crippen molar-refractivity contribution < 1.29 is 13.9 Å². The second kappa shape index (κ2) is 6.20. The van der Waals surface area contributed by atoms with Crippen molar-refractivity contribution >= 4 is 22.6 Å². The number of fused-ring (bicyclic) bond motifs is 1. The van der Waals surface area contributed by atoms with Gasteiger partial charge in [-0.3, -0.25) is 4.79 Å². The van der Waals surface area contributed by atoms with E-state index in [1.165, 1.54) is 0 Å². The molecule has 0 aliphatic carbocycles. The lowest BCUT2D eigenvalue weighted by atomic mass is 10.1. The molecule has 0 spiro atoms. The first-order valence-corrected chi connectivity index (χ1v) is 7.48. The van der Waals surface area contributed by atoms with Gasteiger partial charge >= 0.3 is 5.63 Å². The van der Waals surface area contributed by atoms with Gasteiger partial charge in [-0.15, -0.1) is 0 Å². The van der Waals surface area contributed by atoms with E-state index in [0.29, 0.717) is 22.3 Å². The lowest BCUT2D eigenvalue weighted by Crippen LogP contribution is -2.18. The maximum atomic E-state index is 12.4. The van der Waals surface area contributed by atoms with E-state index < -0.39 is 5.63 Å². The number of carbonyl (C=O) groups excluding carboxylic acids is 1. The second-order valence-electron chi connectivity index (χ2n) is 5.60. The highest BCUT2D eigenvalue weighted by Gasteiger charge is 2.12. The Kier molecular flexibility index (Phi) is 4.08. The Bertz CT molecular complexity index is 988. The molecular formula is C19H17NO4. The fraction of sp³-hybridized carbons (Fsp3) is 0.158. The Morgan fingerprint density at radius 1 is 1.04 bits per heavy atom. The van der Waals surface area contributed by atoms with E-state index in [4.69, 9.17) is 9.15 Å². The summed E-state index contributed by atoms with van der Waals surface area (Å²) in [6.45, 7) is 3.91. The van der Waals surface area contributed by atoms with Crippen molar-refractivity contribution in [3.05, 3.63) is 69.6 Å². The molecule has 3 rings (SSSR count). The van der Waals surface area contributed by atoms with Crippen molar-refractivity contribution in [3.63, 3.8) is 0 Å². The smallest absolute Gasteiger partial charge is 0.360 e. The Balaban J connectivity index is 1.96. The largest absolute Gasteiger partial charge is 0.497 e. The second-order valence-corrected chi connectivity index (χ2v) is 5.60. The van der Waals surface area contributed by atoms with E-state index in [9.17, 15) is 9.59 Å². The number of hydrogen-bond acceptors (Lipinski definition) is 4. The van der Waals surface area contributed by atoms with Crippen molar-refractivity contribution in [2.75, 3.05) is 12.4 Å². The summed E-state index contributed by atoms with van der Waals surface area (Å²) in [7, 11) is 1.56. The molecule has 0 unspecified atom stereocenters. The highest BCUT2D eigenvalue weighted by molar-refractivity contribution is 6.04. The zero-order chi connectivity index (χ0) is 17.3. The van der Waals surface area contributed by atoms with E-state index in [2.05, 4.69) is 5.32 Å². The summed E-state index contributed by atoms with van der Waals surface area (Å²) in [5.41, 5.74) is 2.54. The standard InChI is InChI=1S/C19H17NO4/c1-11-4-5-13(8-12(11)2)18(21)20-16-10-14-9-15(23-3)6-7-17(14)24-19(16)22/h4-10H,1-3H3,(H,20,21). The zero-order valence-electron chi connectivity index (χ0n) is 13.7. The quantitative estimate of drug-likeness (QED) is 0.747. The number of anilines is 1. The molecule has 24 heavy (non-hydrogen) atoms. The summed E-state index contributed by atoms with van der Waals surface area (Å²) in [6.07, 6.45) is 0. The monoisotopic (exact) mass is 323 g/mol. The fourth-order valence-electron chi connectivity index (χ4n) is 2.39. The number of amides is 1. The van der Waals surface area contributed by atoms with Gasteiger partial charge in [0.2, 0.25) is 0 Å². The van der Waals surface area contributed by atoms with E-state index in [1.807, 2.05) is 19.9 Å². The van der Waals surface area contributed by atoms with Crippen molar-refractivity contribution in [3.8, 4) is 5.75 Å². The Labute approximate surface area is 138 Å². The van der Waals surface area contributed by atoms with Gasteiger partial charge in [-0.1, -0.05) is 6.07 Å². The van der Waals surface area contributed by atoms with Crippen LogP contribution in [0.3, 0.4) is 0 Å². The molecule has 5 heteroatoms. The van der Waals surface area contributed by atoms with Gasteiger partial charge in [-0.05, 0) is 61.4 Å². The van der Waals surface area contributed by atoms with Crippen LogP contribution >= 0.6 is 0 Å². The van der Waals surface area contributed by atoms with Gasteiger partial charge in [-0.25, -0.2) is 4.79 Å². The molecule has 122 valence electrons. The number of rotatable bonds is 3. The number of nitrogens with one attached hydrogen (secondary N) is 1. The molecule has 0 atom stereocenters. The topological polar surface area (TPSA) is 68.5 Å². The van der Waals surface area contributed by atoms with Crippen LogP contribution in [0.15, 0.2) is 51.7 Å². The molecule has 2 aromatic carbocycles. The van der Waals surface area contributed by atoms with Crippen molar-refractivity contribution in [1.29, 1.82) is 0 Å². The van der Waals surface area contributed by atoms with E-state index in [1.54, 1.807) is 43.5 Å². The summed E-state index contributed by atoms with van der Waals surface area (Å²) >= 11 is 0. The van der Waals surface area contributed by atoms with Crippen LogP contribution in [-0.4, -0.2) is 13.0 Å². The highest BCUT2D eigenvalue weighted by atomic mass is 16.5. The van der Waals surface area contributed by atoms with Crippen LogP contribution in [0.5, 0.6) is 5.75 Å². The minimum absolute atomic E-state index is 0.0963. The maximum absolute atomic E-state index is 12.4. The molecule has 3 aromatic rings. The third-order valence-corrected chi connectivity index (χ3v) is 3.96. The first-order valence-electron chi connectivity index (χ1n) is 7.48. The van der Waals surface area contributed by atoms with Gasteiger partial charge in [-0.2, -0.15) is 0 Å². The van der Waals surface area contributed by atoms with Gasteiger partial charge in [0.25, 0.3) is 5.91 Å². The molecule has 0 aliphatic rings. The predicted molar refractivity (Wildman–Crippen MR) is 92.9 cm³/mol. The number of ether oxygens (including phenoxy) is 1. The fourth-order valence-corrected chi connectivity index (χ4v) is 2.39.